The van der Waals surface area contributed by atoms with Crippen molar-refractivity contribution in [3.63, 3.8) is 0 Å². The smallest absolute Gasteiger partial charge is 0.422 e. The fraction of sp³-hybridized carbons (Fsp3) is 0.462. The summed E-state index contributed by atoms with van der Waals surface area (Å²) >= 11 is 0. The molecule has 0 aromatic heterocycles. The Kier molecular flexibility index (Phi) is 8.12. The summed E-state index contributed by atoms with van der Waals surface area (Å²) in [6, 6.07) is 4.88. The van der Waals surface area contributed by atoms with Gasteiger partial charge in [0.1, 0.15) is 5.75 Å². The monoisotopic (exact) mass is 326 g/mol. The van der Waals surface area contributed by atoms with Crippen LogP contribution in [0.25, 0.3) is 0 Å². The van der Waals surface area contributed by atoms with Gasteiger partial charge in [0, 0.05) is 25.1 Å². The van der Waals surface area contributed by atoms with Gasteiger partial charge in [-0.05, 0) is 18.6 Å². The van der Waals surface area contributed by atoms with Crippen LogP contribution >= 0.6 is 12.4 Å². The minimum Gasteiger partial charge on any atom is -0.484 e. The molecule has 0 atom stereocenters. The highest BCUT2D eigenvalue weighted by Crippen LogP contribution is 2.23. The minimum atomic E-state index is -4.40. The maximum absolute atomic E-state index is 12.2. The van der Waals surface area contributed by atoms with Crippen LogP contribution in [-0.2, 0) is 11.3 Å². The lowest BCUT2D eigenvalue weighted by Crippen LogP contribution is -2.26. The van der Waals surface area contributed by atoms with Crippen LogP contribution in [0.1, 0.15) is 17.5 Å². The van der Waals surface area contributed by atoms with Gasteiger partial charge in [0.25, 0.3) is 0 Å². The molecular formula is C13H18ClF3N2O2. The summed E-state index contributed by atoms with van der Waals surface area (Å²) in [5, 5.41) is 2.58. The second kappa shape index (κ2) is 8.74. The number of ether oxygens (including phenoxy) is 1. The first-order chi connectivity index (χ1) is 9.31. The summed E-state index contributed by atoms with van der Waals surface area (Å²) < 4.78 is 41.3. The Morgan fingerprint density at radius 3 is 2.62 bits per heavy atom. The Bertz CT molecular complexity index is 467. The third-order valence-corrected chi connectivity index (χ3v) is 2.46. The van der Waals surface area contributed by atoms with Crippen LogP contribution < -0.4 is 15.8 Å². The van der Waals surface area contributed by atoms with Gasteiger partial charge in [-0.2, -0.15) is 13.2 Å². The molecule has 1 aromatic carbocycles. The Morgan fingerprint density at radius 1 is 1.38 bits per heavy atom. The van der Waals surface area contributed by atoms with Crippen molar-refractivity contribution in [2.75, 3.05) is 13.2 Å². The largest absolute Gasteiger partial charge is 0.484 e. The van der Waals surface area contributed by atoms with Crippen molar-refractivity contribution in [1.82, 2.24) is 5.32 Å². The van der Waals surface area contributed by atoms with Crippen molar-refractivity contribution < 1.29 is 22.7 Å². The van der Waals surface area contributed by atoms with E-state index in [-0.39, 0.29) is 43.6 Å². The number of carbonyl (C=O) groups excluding carboxylic acids is 1. The molecule has 1 rings (SSSR count). The van der Waals surface area contributed by atoms with Gasteiger partial charge in [-0.25, -0.2) is 0 Å². The predicted molar refractivity (Wildman–Crippen MR) is 75.5 cm³/mol. The number of halogens is 4. The fourth-order valence-electron chi connectivity index (χ4n) is 1.52. The van der Waals surface area contributed by atoms with Crippen molar-refractivity contribution in [3.8, 4) is 5.75 Å². The van der Waals surface area contributed by atoms with Crippen LogP contribution in [0.15, 0.2) is 18.2 Å². The Balaban J connectivity index is 0.00000400. The van der Waals surface area contributed by atoms with Crippen molar-refractivity contribution in [2.45, 2.75) is 26.1 Å². The summed E-state index contributed by atoms with van der Waals surface area (Å²) in [6.45, 7) is 0.709. The zero-order valence-corrected chi connectivity index (χ0v) is 12.3. The zero-order chi connectivity index (χ0) is 15.2. The number of benzene rings is 1. The molecule has 0 aliphatic rings. The van der Waals surface area contributed by atoms with Crippen LogP contribution in [-0.4, -0.2) is 25.2 Å². The van der Waals surface area contributed by atoms with Crippen LogP contribution in [0, 0.1) is 6.92 Å². The minimum absolute atomic E-state index is 0. The van der Waals surface area contributed by atoms with E-state index in [1.165, 1.54) is 6.07 Å². The molecule has 1 aromatic rings. The van der Waals surface area contributed by atoms with Gasteiger partial charge in [0.15, 0.2) is 6.61 Å². The number of nitrogens with one attached hydrogen (secondary N) is 1. The fourth-order valence-corrected chi connectivity index (χ4v) is 1.52. The van der Waals surface area contributed by atoms with E-state index in [0.29, 0.717) is 5.56 Å². The first kappa shape index (κ1) is 19.5. The molecule has 0 aliphatic carbocycles. The third kappa shape index (κ3) is 7.77. The molecule has 0 heterocycles. The van der Waals surface area contributed by atoms with Crippen LogP contribution in [0.5, 0.6) is 5.75 Å². The zero-order valence-electron chi connectivity index (χ0n) is 11.5. The van der Waals surface area contributed by atoms with Crippen molar-refractivity contribution in [2.24, 2.45) is 5.73 Å². The summed E-state index contributed by atoms with van der Waals surface area (Å²) in [7, 11) is 0. The standard InChI is InChI=1S/C13H17F3N2O2.ClH/c1-9-2-3-10(7-18-12(19)4-5-17)11(6-9)20-8-13(14,15)16;/h2-3,6H,4-5,7-8,17H2,1H3,(H,18,19);1H. The van der Waals surface area contributed by atoms with E-state index in [0.717, 1.165) is 5.56 Å². The summed E-state index contributed by atoms with van der Waals surface area (Å²) in [5.41, 5.74) is 6.50. The van der Waals surface area contributed by atoms with Crippen molar-refractivity contribution in [1.29, 1.82) is 0 Å². The molecule has 120 valence electrons. The Hall–Kier alpha value is -1.47. The molecule has 0 saturated heterocycles. The number of rotatable bonds is 6. The van der Waals surface area contributed by atoms with E-state index in [1.54, 1.807) is 19.1 Å². The van der Waals surface area contributed by atoms with E-state index in [4.69, 9.17) is 10.5 Å². The van der Waals surface area contributed by atoms with Gasteiger partial charge in [0.05, 0.1) is 0 Å². The average Bonchev–Trinajstić information content (AvgIpc) is 2.34. The second-order valence-electron chi connectivity index (χ2n) is 4.33. The topological polar surface area (TPSA) is 64.4 Å². The molecule has 0 fully saturated rings. The predicted octanol–water partition coefficient (Wildman–Crippen LogP) is 2.32. The SMILES string of the molecule is Cc1ccc(CNC(=O)CCN)c(OCC(F)(F)F)c1.Cl. The Morgan fingerprint density at radius 2 is 2.05 bits per heavy atom. The highest BCUT2D eigenvalue weighted by atomic mass is 35.5. The molecule has 1 amide bonds. The van der Waals surface area contributed by atoms with E-state index in [2.05, 4.69) is 5.32 Å². The van der Waals surface area contributed by atoms with Gasteiger partial charge in [0.2, 0.25) is 5.91 Å². The van der Waals surface area contributed by atoms with Gasteiger partial charge < -0.3 is 15.8 Å². The maximum Gasteiger partial charge on any atom is 0.422 e. The first-order valence-corrected chi connectivity index (χ1v) is 6.07. The quantitative estimate of drug-likeness (QED) is 0.843. The lowest BCUT2D eigenvalue weighted by Gasteiger charge is -2.14. The number of aryl methyl sites for hydroxylation is 1. The Labute approximate surface area is 127 Å². The molecule has 3 N–H and O–H groups in total. The van der Waals surface area contributed by atoms with Crippen LogP contribution in [0.3, 0.4) is 0 Å². The number of carbonyl (C=O) groups is 1. The molecule has 0 saturated carbocycles. The van der Waals surface area contributed by atoms with Crippen molar-refractivity contribution in [3.05, 3.63) is 29.3 Å². The number of amides is 1. The normalized spacial score (nSPS) is 10.7. The number of nitrogens with two attached hydrogens (primary N) is 1. The third-order valence-electron chi connectivity index (χ3n) is 2.46. The molecule has 21 heavy (non-hydrogen) atoms. The van der Waals surface area contributed by atoms with Gasteiger partial charge in [-0.15, -0.1) is 12.4 Å². The highest BCUT2D eigenvalue weighted by molar-refractivity contribution is 5.85. The second-order valence-corrected chi connectivity index (χ2v) is 4.33. The summed E-state index contributed by atoms with van der Waals surface area (Å²) in [6.07, 6.45) is -4.23. The van der Waals surface area contributed by atoms with Gasteiger partial charge in [-0.3, -0.25) is 4.79 Å². The molecule has 0 aliphatic heterocycles. The summed E-state index contributed by atoms with van der Waals surface area (Å²) in [5.74, 6) is -0.134. The molecule has 0 spiro atoms. The molecule has 4 nitrogen and oxygen atoms in total. The van der Waals surface area contributed by atoms with E-state index in [9.17, 15) is 18.0 Å². The highest BCUT2D eigenvalue weighted by Gasteiger charge is 2.28. The molecular weight excluding hydrogens is 309 g/mol. The number of hydrogen-bond donors (Lipinski definition) is 2. The first-order valence-electron chi connectivity index (χ1n) is 6.07. The summed E-state index contributed by atoms with van der Waals surface area (Å²) in [4.78, 5) is 11.3. The number of hydrogen-bond acceptors (Lipinski definition) is 3. The van der Waals surface area contributed by atoms with E-state index in [1.807, 2.05) is 0 Å². The van der Waals surface area contributed by atoms with Crippen LogP contribution in [0.4, 0.5) is 13.2 Å². The molecule has 8 heteroatoms. The van der Waals surface area contributed by atoms with Gasteiger partial charge in [-0.1, -0.05) is 12.1 Å². The van der Waals surface area contributed by atoms with Gasteiger partial charge >= 0.3 is 6.18 Å². The number of alkyl halides is 3. The lowest BCUT2D eigenvalue weighted by atomic mass is 10.1. The molecule has 0 bridgehead atoms. The lowest BCUT2D eigenvalue weighted by molar-refractivity contribution is -0.153. The average molecular weight is 327 g/mol. The van der Waals surface area contributed by atoms with Crippen LogP contribution in [0.2, 0.25) is 0 Å². The molecule has 0 unspecified atom stereocenters. The van der Waals surface area contributed by atoms with E-state index < -0.39 is 12.8 Å². The van der Waals surface area contributed by atoms with Crippen molar-refractivity contribution >= 4 is 18.3 Å². The molecule has 0 radical (unpaired) electrons. The van der Waals surface area contributed by atoms with E-state index >= 15 is 0 Å². The maximum atomic E-state index is 12.2.